The van der Waals surface area contributed by atoms with Gasteiger partial charge in [-0.15, -0.1) is 23.4 Å². The Morgan fingerprint density at radius 2 is 1.89 bits per heavy atom. The van der Waals surface area contributed by atoms with E-state index >= 15 is 0 Å². The molecule has 0 aliphatic carbocycles. The van der Waals surface area contributed by atoms with Gasteiger partial charge in [-0.2, -0.15) is 0 Å². The van der Waals surface area contributed by atoms with Crippen molar-refractivity contribution < 1.29 is 4.74 Å². The lowest BCUT2D eigenvalue weighted by atomic mass is 10.0. The van der Waals surface area contributed by atoms with E-state index in [1.165, 1.54) is 10.5 Å². The molecular weight excluding hydrogens is 276 g/mol. The molecule has 0 bridgehead atoms. The van der Waals surface area contributed by atoms with Crippen molar-refractivity contribution in [1.29, 1.82) is 0 Å². The standard InChI is InChI=1S/C16H17ClOS/c1-18-14-5-3-4-12(10-14)11-16(17)13-6-8-15(19-2)9-7-13/h3-10,16H,11H2,1-2H3. The highest BCUT2D eigenvalue weighted by Crippen LogP contribution is 2.27. The minimum absolute atomic E-state index is 0.0111. The fourth-order valence-electron chi connectivity index (χ4n) is 1.94. The number of hydrogen-bond donors (Lipinski definition) is 0. The lowest BCUT2D eigenvalue weighted by Gasteiger charge is -2.11. The Bertz CT molecular complexity index is 525. The second-order valence-electron chi connectivity index (χ2n) is 4.30. The SMILES string of the molecule is COc1cccc(CC(Cl)c2ccc(SC)cc2)c1. The molecule has 0 aromatic heterocycles. The Kier molecular flexibility index (Phi) is 5.17. The van der Waals surface area contributed by atoms with Gasteiger partial charge in [0.05, 0.1) is 12.5 Å². The molecule has 1 nitrogen and oxygen atoms in total. The van der Waals surface area contributed by atoms with E-state index in [1.54, 1.807) is 18.9 Å². The van der Waals surface area contributed by atoms with Crippen LogP contribution in [-0.2, 0) is 6.42 Å². The summed E-state index contributed by atoms with van der Waals surface area (Å²) in [4.78, 5) is 1.26. The molecule has 100 valence electrons. The molecule has 1 unspecified atom stereocenters. The Labute approximate surface area is 123 Å². The van der Waals surface area contributed by atoms with Crippen LogP contribution in [0.1, 0.15) is 16.5 Å². The summed E-state index contributed by atoms with van der Waals surface area (Å²) in [5.41, 5.74) is 2.34. The normalized spacial score (nSPS) is 12.2. The van der Waals surface area contributed by atoms with Crippen molar-refractivity contribution in [3.63, 3.8) is 0 Å². The molecular formula is C16H17ClOS. The van der Waals surface area contributed by atoms with Crippen LogP contribution in [0, 0.1) is 0 Å². The van der Waals surface area contributed by atoms with Crippen LogP contribution in [0.2, 0.25) is 0 Å². The minimum Gasteiger partial charge on any atom is -0.497 e. The topological polar surface area (TPSA) is 9.23 Å². The third-order valence-electron chi connectivity index (χ3n) is 3.03. The third-order valence-corrected chi connectivity index (χ3v) is 4.18. The van der Waals surface area contributed by atoms with E-state index < -0.39 is 0 Å². The summed E-state index contributed by atoms with van der Waals surface area (Å²) in [5.74, 6) is 0.874. The van der Waals surface area contributed by atoms with Crippen LogP contribution < -0.4 is 4.74 Å². The Balaban J connectivity index is 2.08. The lowest BCUT2D eigenvalue weighted by Crippen LogP contribution is -1.96. The van der Waals surface area contributed by atoms with Crippen molar-refractivity contribution in [2.24, 2.45) is 0 Å². The molecule has 3 heteroatoms. The summed E-state index contributed by atoms with van der Waals surface area (Å²) >= 11 is 8.22. The van der Waals surface area contributed by atoms with Crippen LogP contribution >= 0.6 is 23.4 Å². The van der Waals surface area contributed by atoms with Gasteiger partial charge in [-0.25, -0.2) is 0 Å². The second kappa shape index (κ2) is 6.88. The zero-order valence-electron chi connectivity index (χ0n) is 11.1. The van der Waals surface area contributed by atoms with Gasteiger partial charge in [0, 0.05) is 4.90 Å². The van der Waals surface area contributed by atoms with Gasteiger partial charge >= 0.3 is 0 Å². The van der Waals surface area contributed by atoms with Crippen molar-refractivity contribution in [3.8, 4) is 5.75 Å². The molecule has 0 aliphatic heterocycles. The summed E-state index contributed by atoms with van der Waals surface area (Å²) in [6, 6.07) is 16.5. The number of benzene rings is 2. The molecule has 0 saturated heterocycles. The van der Waals surface area contributed by atoms with Gasteiger partial charge in [0.1, 0.15) is 5.75 Å². The Morgan fingerprint density at radius 1 is 1.16 bits per heavy atom. The maximum Gasteiger partial charge on any atom is 0.119 e. The highest BCUT2D eigenvalue weighted by molar-refractivity contribution is 7.98. The van der Waals surface area contributed by atoms with E-state index in [2.05, 4.69) is 36.6 Å². The van der Waals surface area contributed by atoms with Gasteiger partial charge in [-0.05, 0) is 48.1 Å². The van der Waals surface area contributed by atoms with Crippen LogP contribution in [0.25, 0.3) is 0 Å². The lowest BCUT2D eigenvalue weighted by molar-refractivity contribution is 0.414. The average molecular weight is 293 g/mol. The zero-order chi connectivity index (χ0) is 13.7. The van der Waals surface area contributed by atoms with E-state index in [0.717, 1.165) is 17.7 Å². The first-order chi connectivity index (χ1) is 9.22. The average Bonchev–Trinajstić information content (AvgIpc) is 2.47. The summed E-state index contributed by atoms with van der Waals surface area (Å²) < 4.78 is 5.23. The number of hydrogen-bond acceptors (Lipinski definition) is 2. The van der Waals surface area contributed by atoms with Gasteiger partial charge in [0.25, 0.3) is 0 Å². The van der Waals surface area contributed by atoms with Crippen molar-refractivity contribution in [2.75, 3.05) is 13.4 Å². The number of rotatable bonds is 5. The monoisotopic (exact) mass is 292 g/mol. The largest absolute Gasteiger partial charge is 0.497 e. The van der Waals surface area contributed by atoms with E-state index in [9.17, 15) is 0 Å². The van der Waals surface area contributed by atoms with Gasteiger partial charge in [-0.1, -0.05) is 24.3 Å². The summed E-state index contributed by atoms with van der Waals surface area (Å²) in [5, 5.41) is -0.0111. The maximum atomic E-state index is 6.48. The van der Waals surface area contributed by atoms with Gasteiger partial charge in [-0.3, -0.25) is 0 Å². The molecule has 2 aromatic carbocycles. The molecule has 2 rings (SSSR count). The van der Waals surface area contributed by atoms with Crippen LogP contribution in [0.3, 0.4) is 0 Å². The van der Waals surface area contributed by atoms with E-state index in [1.807, 2.05) is 18.2 Å². The first-order valence-electron chi connectivity index (χ1n) is 6.14. The molecule has 0 spiro atoms. The minimum atomic E-state index is -0.0111. The van der Waals surface area contributed by atoms with Crippen molar-refractivity contribution in [3.05, 3.63) is 59.7 Å². The maximum absolute atomic E-state index is 6.48. The second-order valence-corrected chi connectivity index (χ2v) is 5.70. The molecule has 0 N–H and O–H groups in total. The summed E-state index contributed by atoms with van der Waals surface area (Å²) in [7, 11) is 1.68. The van der Waals surface area contributed by atoms with Crippen LogP contribution in [-0.4, -0.2) is 13.4 Å². The molecule has 0 amide bonds. The first kappa shape index (κ1) is 14.3. The van der Waals surface area contributed by atoms with Crippen molar-refractivity contribution in [2.45, 2.75) is 16.7 Å². The van der Waals surface area contributed by atoms with Crippen LogP contribution in [0.5, 0.6) is 5.75 Å². The number of methoxy groups -OCH3 is 1. The molecule has 0 fully saturated rings. The molecule has 0 aliphatic rings. The smallest absolute Gasteiger partial charge is 0.119 e. The quantitative estimate of drug-likeness (QED) is 0.570. The molecule has 2 aromatic rings. The fourth-order valence-corrected chi connectivity index (χ4v) is 2.67. The fraction of sp³-hybridized carbons (Fsp3) is 0.250. The number of alkyl halides is 1. The zero-order valence-corrected chi connectivity index (χ0v) is 12.7. The summed E-state index contributed by atoms with van der Waals surface area (Å²) in [6.45, 7) is 0. The molecule has 19 heavy (non-hydrogen) atoms. The van der Waals surface area contributed by atoms with E-state index in [0.29, 0.717) is 0 Å². The molecule has 0 radical (unpaired) electrons. The van der Waals surface area contributed by atoms with Crippen LogP contribution in [0.15, 0.2) is 53.4 Å². The van der Waals surface area contributed by atoms with Gasteiger partial charge in [0.2, 0.25) is 0 Å². The Morgan fingerprint density at radius 3 is 2.53 bits per heavy atom. The van der Waals surface area contributed by atoms with E-state index in [-0.39, 0.29) is 5.38 Å². The number of ether oxygens (including phenoxy) is 1. The van der Waals surface area contributed by atoms with Gasteiger partial charge in [0.15, 0.2) is 0 Å². The highest BCUT2D eigenvalue weighted by Gasteiger charge is 2.09. The highest BCUT2D eigenvalue weighted by atomic mass is 35.5. The number of halogens is 1. The van der Waals surface area contributed by atoms with Gasteiger partial charge < -0.3 is 4.74 Å². The molecule has 1 atom stereocenters. The first-order valence-corrected chi connectivity index (χ1v) is 7.80. The molecule has 0 saturated carbocycles. The van der Waals surface area contributed by atoms with Crippen molar-refractivity contribution >= 4 is 23.4 Å². The van der Waals surface area contributed by atoms with Crippen LogP contribution in [0.4, 0.5) is 0 Å². The summed E-state index contributed by atoms with van der Waals surface area (Å²) in [6.07, 6.45) is 2.88. The predicted octanol–water partition coefficient (Wildman–Crippen LogP) is 4.94. The Hall–Kier alpha value is -1.12. The predicted molar refractivity (Wildman–Crippen MR) is 83.5 cm³/mol. The van der Waals surface area contributed by atoms with E-state index in [4.69, 9.17) is 16.3 Å². The number of thioether (sulfide) groups is 1. The third kappa shape index (κ3) is 3.92. The molecule has 0 heterocycles. The van der Waals surface area contributed by atoms with Crippen molar-refractivity contribution in [1.82, 2.24) is 0 Å².